The summed E-state index contributed by atoms with van der Waals surface area (Å²) in [6, 6.07) is 3.74. The van der Waals surface area contributed by atoms with Crippen LogP contribution in [-0.2, 0) is 11.3 Å². The molecule has 4 aliphatic carbocycles. The standard InChI is InChI=1S/C23H26N2O3S/c1-4-7-25-19-17(27-2)5-6-18(28-3)20(19)29-22(25)24-21(26)23-11-14-8-15(12-23)10-16(9-14)13-23/h1,5-6,14-16H,7-13H2,2-3H3. The van der Waals surface area contributed by atoms with Gasteiger partial charge in [0.15, 0.2) is 4.80 Å². The second-order valence-corrected chi connectivity index (χ2v) is 9.92. The highest BCUT2D eigenvalue weighted by atomic mass is 32.1. The summed E-state index contributed by atoms with van der Waals surface area (Å²) in [6.07, 6.45) is 12.6. The number of amides is 1. The maximum absolute atomic E-state index is 13.5. The molecule has 0 saturated heterocycles. The maximum atomic E-state index is 13.5. The summed E-state index contributed by atoms with van der Waals surface area (Å²) in [5.41, 5.74) is 0.583. The van der Waals surface area contributed by atoms with E-state index in [1.807, 2.05) is 16.7 Å². The van der Waals surface area contributed by atoms with Gasteiger partial charge in [0.05, 0.1) is 26.2 Å². The van der Waals surface area contributed by atoms with Crippen LogP contribution in [0.3, 0.4) is 0 Å². The van der Waals surface area contributed by atoms with Crippen LogP contribution in [0.5, 0.6) is 11.5 Å². The van der Waals surface area contributed by atoms with Crippen LogP contribution >= 0.6 is 11.3 Å². The quantitative estimate of drug-likeness (QED) is 0.716. The van der Waals surface area contributed by atoms with Crippen LogP contribution in [0.4, 0.5) is 0 Å². The van der Waals surface area contributed by atoms with E-state index >= 15 is 0 Å². The van der Waals surface area contributed by atoms with Crippen LogP contribution < -0.4 is 14.3 Å². The molecule has 1 heterocycles. The van der Waals surface area contributed by atoms with Crippen LogP contribution in [0.15, 0.2) is 17.1 Å². The van der Waals surface area contributed by atoms with Gasteiger partial charge in [-0.15, -0.1) is 6.42 Å². The number of rotatable bonds is 4. The van der Waals surface area contributed by atoms with Gasteiger partial charge in [-0.25, -0.2) is 0 Å². The first-order chi connectivity index (χ1) is 14.1. The molecule has 152 valence electrons. The van der Waals surface area contributed by atoms with Gasteiger partial charge in [-0.2, -0.15) is 4.99 Å². The Morgan fingerprint density at radius 3 is 2.31 bits per heavy atom. The number of benzene rings is 1. The van der Waals surface area contributed by atoms with Crippen LogP contribution in [0.2, 0.25) is 0 Å². The molecule has 0 atom stereocenters. The molecule has 1 aromatic carbocycles. The summed E-state index contributed by atoms with van der Waals surface area (Å²) in [7, 11) is 3.28. The van der Waals surface area contributed by atoms with Gasteiger partial charge in [0.25, 0.3) is 5.91 Å². The van der Waals surface area contributed by atoms with Crippen molar-refractivity contribution in [3.05, 3.63) is 16.9 Å². The summed E-state index contributed by atoms with van der Waals surface area (Å²) in [5.74, 6) is 6.32. The number of ether oxygens (including phenoxy) is 2. The fraction of sp³-hybridized carbons (Fsp3) is 0.565. The molecule has 0 spiro atoms. The first-order valence-electron chi connectivity index (χ1n) is 10.3. The van der Waals surface area contributed by atoms with Crippen molar-refractivity contribution < 1.29 is 14.3 Å². The zero-order valence-electron chi connectivity index (χ0n) is 16.9. The van der Waals surface area contributed by atoms with Crippen LogP contribution in [0.1, 0.15) is 38.5 Å². The average Bonchev–Trinajstić information content (AvgIpc) is 3.05. The lowest BCUT2D eigenvalue weighted by atomic mass is 9.49. The topological polar surface area (TPSA) is 52.8 Å². The normalized spacial score (nSPS) is 30.5. The SMILES string of the molecule is C#CCn1c(=NC(=O)C23CC4CC(CC(C4)C2)C3)sc2c(OC)ccc(OC)c21. The van der Waals surface area contributed by atoms with E-state index in [9.17, 15) is 4.79 Å². The first kappa shape index (κ1) is 18.7. The summed E-state index contributed by atoms with van der Waals surface area (Å²) >= 11 is 1.45. The Hall–Kier alpha value is -2.26. The lowest BCUT2D eigenvalue weighted by Gasteiger charge is -2.55. The molecule has 5 nitrogen and oxygen atoms in total. The molecule has 4 aliphatic rings. The molecule has 6 rings (SSSR count). The van der Waals surface area contributed by atoms with Gasteiger partial charge in [0.2, 0.25) is 0 Å². The predicted octanol–water partition coefficient (Wildman–Crippen LogP) is 4.00. The van der Waals surface area contributed by atoms with E-state index < -0.39 is 0 Å². The van der Waals surface area contributed by atoms with Crippen molar-refractivity contribution in [2.24, 2.45) is 28.2 Å². The third-order valence-corrected chi connectivity index (χ3v) is 8.22. The second kappa shape index (κ2) is 6.91. The van der Waals surface area contributed by atoms with Gasteiger partial charge in [-0.1, -0.05) is 17.3 Å². The molecular formula is C23H26N2O3S. The third-order valence-electron chi connectivity index (χ3n) is 7.13. The Morgan fingerprint density at radius 1 is 1.17 bits per heavy atom. The minimum Gasteiger partial charge on any atom is -0.495 e. The Bertz CT molecular complexity index is 1050. The van der Waals surface area contributed by atoms with Crippen LogP contribution in [0, 0.1) is 35.5 Å². The third kappa shape index (κ3) is 2.90. The van der Waals surface area contributed by atoms with E-state index in [1.54, 1.807) is 14.2 Å². The maximum Gasteiger partial charge on any atom is 0.254 e. The fourth-order valence-electron chi connectivity index (χ4n) is 6.36. The molecule has 0 aliphatic heterocycles. The van der Waals surface area contributed by atoms with Crippen molar-refractivity contribution in [3.8, 4) is 23.8 Å². The van der Waals surface area contributed by atoms with E-state index in [4.69, 9.17) is 20.9 Å². The van der Waals surface area contributed by atoms with Crippen molar-refractivity contribution in [1.82, 2.24) is 4.57 Å². The Labute approximate surface area is 174 Å². The monoisotopic (exact) mass is 410 g/mol. The Kier molecular flexibility index (Phi) is 4.47. The van der Waals surface area contributed by atoms with E-state index in [0.717, 1.165) is 35.2 Å². The molecule has 6 heteroatoms. The molecule has 0 unspecified atom stereocenters. The molecule has 1 aromatic heterocycles. The molecule has 0 radical (unpaired) electrons. The number of carbonyl (C=O) groups is 1. The van der Waals surface area contributed by atoms with E-state index in [-0.39, 0.29) is 11.3 Å². The number of fused-ring (bicyclic) bond motifs is 1. The average molecular weight is 411 g/mol. The highest BCUT2D eigenvalue weighted by Gasteiger charge is 2.54. The highest BCUT2D eigenvalue weighted by molar-refractivity contribution is 7.16. The van der Waals surface area contributed by atoms with Gasteiger partial charge in [0.1, 0.15) is 21.7 Å². The van der Waals surface area contributed by atoms with Gasteiger partial charge in [0, 0.05) is 0 Å². The molecule has 1 amide bonds. The van der Waals surface area contributed by atoms with Gasteiger partial charge in [-0.3, -0.25) is 4.79 Å². The van der Waals surface area contributed by atoms with Gasteiger partial charge < -0.3 is 14.0 Å². The molecule has 2 aromatic rings. The van der Waals surface area contributed by atoms with Gasteiger partial charge in [-0.05, 0) is 68.4 Å². The van der Waals surface area contributed by atoms with Crippen LogP contribution in [0.25, 0.3) is 10.2 Å². The second-order valence-electron chi connectivity index (χ2n) is 8.94. The Morgan fingerprint density at radius 2 is 1.76 bits per heavy atom. The zero-order chi connectivity index (χ0) is 20.2. The number of thiazole rings is 1. The smallest absolute Gasteiger partial charge is 0.254 e. The lowest BCUT2D eigenvalue weighted by molar-refractivity contribution is -0.142. The number of hydrogen-bond donors (Lipinski definition) is 0. The fourth-order valence-corrected chi connectivity index (χ4v) is 7.49. The number of hydrogen-bond acceptors (Lipinski definition) is 4. The predicted molar refractivity (Wildman–Crippen MR) is 113 cm³/mol. The van der Waals surface area contributed by atoms with E-state index in [1.165, 1.54) is 30.6 Å². The zero-order valence-corrected chi connectivity index (χ0v) is 17.8. The molecule has 4 saturated carbocycles. The van der Waals surface area contributed by atoms with E-state index in [2.05, 4.69) is 5.92 Å². The van der Waals surface area contributed by atoms with Crippen molar-refractivity contribution in [3.63, 3.8) is 0 Å². The Balaban J connectivity index is 1.64. The number of terminal acetylenes is 1. The van der Waals surface area contributed by atoms with Gasteiger partial charge >= 0.3 is 0 Å². The summed E-state index contributed by atoms with van der Waals surface area (Å²) in [4.78, 5) is 18.9. The van der Waals surface area contributed by atoms with Crippen molar-refractivity contribution in [1.29, 1.82) is 0 Å². The largest absolute Gasteiger partial charge is 0.495 e. The minimum absolute atomic E-state index is 0.0480. The minimum atomic E-state index is -0.257. The summed E-state index contributed by atoms with van der Waals surface area (Å²) < 4.78 is 13.9. The van der Waals surface area contributed by atoms with Crippen molar-refractivity contribution >= 4 is 27.5 Å². The summed E-state index contributed by atoms with van der Waals surface area (Å²) in [5, 5.41) is 0. The van der Waals surface area contributed by atoms with Crippen molar-refractivity contribution in [2.45, 2.75) is 45.1 Å². The van der Waals surface area contributed by atoms with E-state index in [0.29, 0.717) is 34.8 Å². The number of nitrogens with zero attached hydrogens (tertiary/aromatic N) is 2. The molecular weight excluding hydrogens is 384 g/mol. The number of methoxy groups -OCH3 is 2. The summed E-state index contributed by atoms with van der Waals surface area (Å²) in [6.45, 7) is 0.330. The number of aromatic nitrogens is 1. The molecule has 4 fully saturated rings. The molecule has 4 bridgehead atoms. The molecule has 0 N–H and O–H groups in total. The van der Waals surface area contributed by atoms with Crippen LogP contribution in [-0.4, -0.2) is 24.7 Å². The van der Waals surface area contributed by atoms with Crippen molar-refractivity contribution in [2.75, 3.05) is 14.2 Å². The molecule has 29 heavy (non-hydrogen) atoms. The lowest BCUT2D eigenvalue weighted by Crippen LogP contribution is -2.49. The highest BCUT2D eigenvalue weighted by Crippen LogP contribution is 2.60. The number of carbonyl (C=O) groups excluding carboxylic acids is 1. The first-order valence-corrected chi connectivity index (χ1v) is 11.2.